The molecule has 0 saturated heterocycles. The van der Waals surface area contributed by atoms with Gasteiger partial charge in [-0.05, 0) is 42.7 Å². The molecule has 21 heavy (non-hydrogen) atoms. The predicted octanol–water partition coefficient (Wildman–Crippen LogP) is 5.56. The molecule has 2 nitrogen and oxygen atoms in total. The molecule has 2 aromatic carbocycles. The number of para-hydroxylation sites is 1. The lowest BCUT2D eigenvalue weighted by Gasteiger charge is -2.18. The number of ether oxygens (including phenoxy) is 1. The van der Waals surface area contributed by atoms with Crippen molar-refractivity contribution in [3.05, 3.63) is 57.8 Å². The Hall–Kier alpha value is -1.39. The van der Waals surface area contributed by atoms with Crippen molar-refractivity contribution >= 4 is 15.9 Å². The maximum Gasteiger partial charge on any atom is 0.168 e. The van der Waals surface area contributed by atoms with Gasteiger partial charge >= 0.3 is 0 Å². The second-order valence-corrected chi connectivity index (χ2v) is 6.19. The molecule has 2 aromatic rings. The monoisotopic (exact) mass is 352 g/mol. The highest BCUT2D eigenvalue weighted by Gasteiger charge is 2.17. The van der Waals surface area contributed by atoms with Crippen LogP contribution in [0, 0.1) is 5.82 Å². The van der Waals surface area contributed by atoms with E-state index in [9.17, 15) is 9.50 Å². The van der Waals surface area contributed by atoms with Crippen LogP contribution in [0.2, 0.25) is 0 Å². The minimum absolute atomic E-state index is 0.0803. The number of hydrogen-bond acceptors (Lipinski definition) is 2. The summed E-state index contributed by atoms with van der Waals surface area (Å²) in [6, 6.07) is 10.2. The van der Waals surface area contributed by atoms with Crippen molar-refractivity contribution in [2.75, 3.05) is 0 Å². The first-order valence-corrected chi connectivity index (χ1v) is 7.63. The van der Waals surface area contributed by atoms with Crippen LogP contribution in [0.5, 0.6) is 11.5 Å². The van der Waals surface area contributed by atoms with E-state index in [2.05, 4.69) is 15.9 Å². The Bertz CT molecular complexity index is 639. The number of halogens is 2. The quantitative estimate of drug-likeness (QED) is 0.780. The van der Waals surface area contributed by atoms with Crippen LogP contribution in [0.25, 0.3) is 0 Å². The molecule has 0 amide bonds. The molecular weight excluding hydrogens is 335 g/mol. The van der Waals surface area contributed by atoms with Gasteiger partial charge in [0.2, 0.25) is 0 Å². The van der Waals surface area contributed by atoms with Crippen LogP contribution < -0.4 is 4.74 Å². The van der Waals surface area contributed by atoms with E-state index in [4.69, 9.17) is 4.74 Å². The Balaban J connectivity index is 2.48. The third-order valence-corrected chi connectivity index (χ3v) is 3.75. The Morgan fingerprint density at radius 3 is 2.43 bits per heavy atom. The molecule has 0 unspecified atom stereocenters. The molecule has 0 fully saturated rings. The molecule has 0 heterocycles. The zero-order valence-electron chi connectivity index (χ0n) is 12.2. The van der Waals surface area contributed by atoms with E-state index in [1.807, 2.05) is 26.0 Å². The molecule has 1 N–H and O–H groups in total. The number of aliphatic hydroxyl groups is 1. The molecule has 0 spiro atoms. The molecule has 0 aromatic heterocycles. The van der Waals surface area contributed by atoms with Gasteiger partial charge in [0.15, 0.2) is 11.6 Å². The number of hydrogen-bond donors (Lipinski definition) is 1. The lowest BCUT2D eigenvalue weighted by atomic mass is 10.0. The van der Waals surface area contributed by atoms with Gasteiger partial charge in [-0.15, -0.1) is 0 Å². The predicted molar refractivity (Wildman–Crippen MR) is 85.3 cm³/mol. The Labute approximate surface area is 132 Å². The normalized spacial score (nSPS) is 12.5. The highest BCUT2D eigenvalue weighted by atomic mass is 79.9. The summed E-state index contributed by atoms with van der Waals surface area (Å²) >= 11 is 3.43. The molecule has 1 atom stereocenters. The summed E-state index contributed by atoms with van der Waals surface area (Å²) in [4.78, 5) is 0. The van der Waals surface area contributed by atoms with E-state index >= 15 is 0 Å². The SMILES string of the molecule is CC(C)c1cc(Br)ccc1Oc1c(F)cccc1[C@@H](C)O. The van der Waals surface area contributed by atoms with E-state index in [0.717, 1.165) is 10.0 Å². The second-order valence-electron chi connectivity index (χ2n) is 5.27. The molecule has 0 saturated carbocycles. The molecule has 2 rings (SSSR count). The second kappa shape index (κ2) is 6.58. The first kappa shape index (κ1) is 16.0. The first-order valence-electron chi connectivity index (χ1n) is 6.84. The number of benzene rings is 2. The van der Waals surface area contributed by atoms with E-state index in [0.29, 0.717) is 11.3 Å². The summed E-state index contributed by atoms with van der Waals surface area (Å²) < 4.78 is 20.8. The fourth-order valence-electron chi connectivity index (χ4n) is 2.14. The van der Waals surface area contributed by atoms with Gasteiger partial charge in [-0.2, -0.15) is 0 Å². The largest absolute Gasteiger partial charge is 0.454 e. The van der Waals surface area contributed by atoms with Crippen LogP contribution in [0.4, 0.5) is 4.39 Å². The van der Waals surface area contributed by atoms with Gasteiger partial charge in [-0.1, -0.05) is 41.9 Å². The van der Waals surface area contributed by atoms with Crippen LogP contribution in [0.3, 0.4) is 0 Å². The summed E-state index contributed by atoms with van der Waals surface area (Å²) in [6.45, 7) is 5.68. The van der Waals surface area contributed by atoms with Crippen LogP contribution in [-0.4, -0.2) is 5.11 Å². The Morgan fingerprint density at radius 1 is 1.10 bits per heavy atom. The molecular formula is C17H18BrFO2. The van der Waals surface area contributed by atoms with Gasteiger partial charge in [0.25, 0.3) is 0 Å². The Kier molecular flexibility index (Phi) is 5.01. The highest BCUT2D eigenvalue weighted by Crippen LogP contribution is 2.37. The zero-order valence-corrected chi connectivity index (χ0v) is 13.8. The standard InChI is InChI=1S/C17H18BrFO2/c1-10(2)14-9-12(18)7-8-16(14)21-17-13(11(3)20)5-4-6-15(17)19/h4-11,20H,1-3H3/t11-/m1/s1. The van der Waals surface area contributed by atoms with Crippen molar-refractivity contribution in [2.24, 2.45) is 0 Å². The maximum atomic E-state index is 14.1. The summed E-state index contributed by atoms with van der Waals surface area (Å²) in [5, 5.41) is 9.78. The van der Waals surface area contributed by atoms with Gasteiger partial charge in [-0.3, -0.25) is 0 Å². The first-order chi connectivity index (χ1) is 9.90. The van der Waals surface area contributed by atoms with E-state index < -0.39 is 11.9 Å². The molecule has 112 valence electrons. The lowest BCUT2D eigenvalue weighted by Crippen LogP contribution is -2.01. The third-order valence-electron chi connectivity index (χ3n) is 3.25. The molecule has 0 aliphatic heterocycles. The van der Waals surface area contributed by atoms with Crippen molar-refractivity contribution in [3.63, 3.8) is 0 Å². The van der Waals surface area contributed by atoms with Gasteiger partial charge < -0.3 is 9.84 Å². The summed E-state index contributed by atoms with van der Waals surface area (Å²) in [5.74, 6) is 0.433. The highest BCUT2D eigenvalue weighted by molar-refractivity contribution is 9.10. The minimum atomic E-state index is -0.798. The van der Waals surface area contributed by atoms with Gasteiger partial charge in [0.05, 0.1) is 6.10 Å². The van der Waals surface area contributed by atoms with Gasteiger partial charge in [-0.25, -0.2) is 4.39 Å². The van der Waals surface area contributed by atoms with Gasteiger partial charge in [0.1, 0.15) is 5.75 Å². The number of aliphatic hydroxyl groups excluding tert-OH is 1. The van der Waals surface area contributed by atoms with Crippen LogP contribution >= 0.6 is 15.9 Å². The summed E-state index contributed by atoms with van der Waals surface area (Å²) in [6.07, 6.45) is -0.798. The van der Waals surface area contributed by atoms with Gasteiger partial charge in [0, 0.05) is 10.0 Å². The molecule has 0 aliphatic rings. The lowest BCUT2D eigenvalue weighted by molar-refractivity contribution is 0.194. The van der Waals surface area contributed by atoms with Crippen molar-refractivity contribution < 1.29 is 14.2 Å². The van der Waals surface area contributed by atoms with Crippen LogP contribution in [-0.2, 0) is 0 Å². The fourth-order valence-corrected chi connectivity index (χ4v) is 2.51. The van der Waals surface area contributed by atoms with Crippen molar-refractivity contribution in [3.8, 4) is 11.5 Å². The maximum absolute atomic E-state index is 14.1. The van der Waals surface area contributed by atoms with Crippen molar-refractivity contribution in [2.45, 2.75) is 32.8 Å². The smallest absolute Gasteiger partial charge is 0.168 e. The average Bonchev–Trinajstić information content (AvgIpc) is 2.42. The fraction of sp³-hybridized carbons (Fsp3) is 0.294. The van der Waals surface area contributed by atoms with Crippen molar-refractivity contribution in [1.29, 1.82) is 0 Å². The summed E-state index contributed by atoms with van der Waals surface area (Å²) in [5.41, 5.74) is 1.41. The van der Waals surface area contributed by atoms with E-state index in [1.54, 1.807) is 25.1 Å². The van der Waals surface area contributed by atoms with Crippen molar-refractivity contribution in [1.82, 2.24) is 0 Å². The topological polar surface area (TPSA) is 29.5 Å². The minimum Gasteiger partial charge on any atom is -0.454 e. The zero-order chi connectivity index (χ0) is 15.6. The molecule has 0 aliphatic carbocycles. The van der Waals surface area contributed by atoms with E-state index in [-0.39, 0.29) is 11.7 Å². The van der Waals surface area contributed by atoms with Crippen LogP contribution in [0.15, 0.2) is 40.9 Å². The van der Waals surface area contributed by atoms with E-state index in [1.165, 1.54) is 6.07 Å². The average molecular weight is 353 g/mol. The third kappa shape index (κ3) is 3.63. The summed E-state index contributed by atoms with van der Waals surface area (Å²) in [7, 11) is 0. The molecule has 4 heteroatoms. The van der Waals surface area contributed by atoms with Crippen LogP contribution in [0.1, 0.15) is 43.9 Å². The molecule has 0 radical (unpaired) electrons. The molecule has 0 bridgehead atoms. The Morgan fingerprint density at radius 2 is 1.81 bits per heavy atom. The number of rotatable bonds is 4.